The molecule has 7 heteroatoms. The van der Waals surface area contributed by atoms with Crippen molar-refractivity contribution in [3.05, 3.63) is 71.2 Å². The summed E-state index contributed by atoms with van der Waals surface area (Å²) in [5, 5.41) is 10.3. The minimum atomic E-state index is -4.47. The van der Waals surface area contributed by atoms with Gasteiger partial charge in [-0.3, -0.25) is 9.69 Å². The maximum atomic E-state index is 13.1. The van der Waals surface area contributed by atoms with Crippen molar-refractivity contribution in [2.24, 2.45) is 0 Å². The number of nitrogens with zero attached hydrogens (tertiary/aromatic N) is 1. The molecule has 136 valence electrons. The van der Waals surface area contributed by atoms with E-state index in [0.29, 0.717) is 17.7 Å². The van der Waals surface area contributed by atoms with Crippen LogP contribution in [0.2, 0.25) is 0 Å². The molecule has 0 bridgehead atoms. The van der Waals surface area contributed by atoms with Crippen LogP contribution in [0.3, 0.4) is 0 Å². The SMILES string of the molecule is CCC1C(c2ccc(C(F)(F)F)cc2)=C(O)C(=O)N1c1ccc(F)cc1. The number of benzene rings is 2. The van der Waals surface area contributed by atoms with Crippen LogP contribution < -0.4 is 4.90 Å². The number of alkyl halides is 3. The summed E-state index contributed by atoms with van der Waals surface area (Å²) in [6.07, 6.45) is -4.05. The Bertz CT molecular complexity index is 855. The second-order valence-electron chi connectivity index (χ2n) is 5.91. The van der Waals surface area contributed by atoms with Gasteiger partial charge in [-0.05, 0) is 48.4 Å². The number of anilines is 1. The lowest BCUT2D eigenvalue weighted by atomic mass is 9.96. The monoisotopic (exact) mass is 365 g/mol. The fourth-order valence-corrected chi connectivity index (χ4v) is 3.11. The first-order valence-corrected chi connectivity index (χ1v) is 7.94. The predicted octanol–water partition coefficient (Wildman–Crippen LogP) is 4.94. The Morgan fingerprint density at radius 3 is 2.12 bits per heavy atom. The lowest BCUT2D eigenvalue weighted by Crippen LogP contribution is -2.35. The van der Waals surface area contributed by atoms with Crippen LogP contribution in [0.1, 0.15) is 24.5 Å². The van der Waals surface area contributed by atoms with Gasteiger partial charge in [-0.2, -0.15) is 13.2 Å². The summed E-state index contributed by atoms with van der Waals surface area (Å²) in [7, 11) is 0. The smallest absolute Gasteiger partial charge is 0.416 e. The largest absolute Gasteiger partial charge is 0.503 e. The Morgan fingerprint density at radius 2 is 1.62 bits per heavy atom. The van der Waals surface area contributed by atoms with Gasteiger partial charge in [0.2, 0.25) is 0 Å². The van der Waals surface area contributed by atoms with Gasteiger partial charge in [0, 0.05) is 11.3 Å². The number of aliphatic hydroxyl groups is 1. The van der Waals surface area contributed by atoms with Gasteiger partial charge in [0.1, 0.15) is 5.82 Å². The Labute approximate surface area is 147 Å². The van der Waals surface area contributed by atoms with Gasteiger partial charge < -0.3 is 5.11 Å². The van der Waals surface area contributed by atoms with Crippen molar-refractivity contribution < 1.29 is 27.5 Å². The third kappa shape index (κ3) is 3.05. The summed E-state index contributed by atoms with van der Waals surface area (Å²) in [5.41, 5.74) is 0.182. The molecule has 0 saturated carbocycles. The number of hydrogen-bond donors (Lipinski definition) is 1. The maximum Gasteiger partial charge on any atom is 0.416 e. The second kappa shape index (κ2) is 6.48. The lowest BCUT2D eigenvalue weighted by molar-refractivity contribution is -0.137. The summed E-state index contributed by atoms with van der Waals surface area (Å²) >= 11 is 0. The molecule has 0 saturated heterocycles. The van der Waals surface area contributed by atoms with Crippen molar-refractivity contribution in [3.8, 4) is 0 Å². The number of amides is 1. The van der Waals surface area contributed by atoms with E-state index in [9.17, 15) is 27.5 Å². The highest BCUT2D eigenvalue weighted by Crippen LogP contribution is 2.38. The molecule has 1 atom stereocenters. The number of rotatable bonds is 3. The van der Waals surface area contributed by atoms with E-state index in [-0.39, 0.29) is 5.57 Å². The van der Waals surface area contributed by atoms with Gasteiger partial charge in [0.05, 0.1) is 11.6 Å². The molecule has 3 nitrogen and oxygen atoms in total. The molecule has 1 N–H and O–H groups in total. The molecule has 0 fully saturated rings. The zero-order valence-corrected chi connectivity index (χ0v) is 13.7. The van der Waals surface area contributed by atoms with Gasteiger partial charge >= 0.3 is 6.18 Å². The molecule has 1 heterocycles. The molecule has 2 aromatic rings. The third-order valence-electron chi connectivity index (χ3n) is 4.34. The van der Waals surface area contributed by atoms with E-state index in [1.54, 1.807) is 6.92 Å². The van der Waals surface area contributed by atoms with Crippen LogP contribution in [0, 0.1) is 5.82 Å². The molecule has 1 amide bonds. The summed E-state index contributed by atoms with van der Waals surface area (Å²) < 4.78 is 51.4. The molecular weight excluding hydrogens is 350 g/mol. The van der Waals surface area contributed by atoms with E-state index in [2.05, 4.69) is 0 Å². The zero-order chi connectivity index (χ0) is 19.1. The van der Waals surface area contributed by atoms with Crippen molar-refractivity contribution in [3.63, 3.8) is 0 Å². The minimum absolute atomic E-state index is 0.260. The standard InChI is InChI=1S/C19H15F4NO2/c1-2-15-16(11-3-5-12(6-4-11)19(21,22)23)17(25)18(26)24(15)14-9-7-13(20)8-10-14/h3-10,15,25H,2H2,1H3. The Kier molecular flexibility index (Phi) is 4.48. The van der Waals surface area contributed by atoms with Crippen LogP contribution in [-0.2, 0) is 11.0 Å². The maximum absolute atomic E-state index is 13.1. The highest BCUT2D eigenvalue weighted by atomic mass is 19.4. The van der Waals surface area contributed by atoms with Crippen molar-refractivity contribution in [2.75, 3.05) is 4.90 Å². The molecule has 0 aliphatic carbocycles. The summed E-state index contributed by atoms with van der Waals surface area (Å²) in [5.74, 6) is -1.65. The molecular formula is C19H15F4NO2. The van der Waals surface area contributed by atoms with E-state index in [1.807, 2.05) is 0 Å². The molecule has 3 rings (SSSR count). The number of hydrogen-bond acceptors (Lipinski definition) is 2. The molecule has 2 aromatic carbocycles. The van der Waals surface area contributed by atoms with Gasteiger partial charge in [-0.1, -0.05) is 19.1 Å². The van der Waals surface area contributed by atoms with E-state index < -0.39 is 35.3 Å². The average molecular weight is 365 g/mol. The number of halogens is 4. The first-order valence-electron chi connectivity index (χ1n) is 7.94. The number of carbonyl (C=O) groups is 1. The first-order chi connectivity index (χ1) is 12.2. The fraction of sp³-hybridized carbons (Fsp3) is 0.211. The second-order valence-corrected chi connectivity index (χ2v) is 5.91. The normalized spacial score (nSPS) is 18.0. The van der Waals surface area contributed by atoms with E-state index in [0.717, 1.165) is 12.1 Å². The average Bonchev–Trinajstić information content (AvgIpc) is 2.86. The summed E-state index contributed by atoms with van der Waals surface area (Å²) in [6.45, 7) is 1.79. The van der Waals surface area contributed by atoms with Gasteiger partial charge in [-0.15, -0.1) is 0 Å². The molecule has 26 heavy (non-hydrogen) atoms. The van der Waals surface area contributed by atoms with Crippen molar-refractivity contribution >= 4 is 17.2 Å². The van der Waals surface area contributed by atoms with Crippen molar-refractivity contribution in [2.45, 2.75) is 25.6 Å². The number of aliphatic hydroxyl groups excluding tert-OH is 1. The molecule has 0 aromatic heterocycles. The van der Waals surface area contributed by atoms with Gasteiger partial charge in [0.25, 0.3) is 5.91 Å². The van der Waals surface area contributed by atoms with Crippen LogP contribution in [0.4, 0.5) is 23.2 Å². The lowest BCUT2D eigenvalue weighted by Gasteiger charge is -2.26. The highest BCUT2D eigenvalue weighted by Gasteiger charge is 2.40. The third-order valence-corrected chi connectivity index (χ3v) is 4.34. The van der Waals surface area contributed by atoms with Gasteiger partial charge in [0.15, 0.2) is 5.76 Å². The number of carbonyl (C=O) groups excluding carboxylic acids is 1. The molecule has 0 radical (unpaired) electrons. The quantitative estimate of drug-likeness (QED) is 0.783. The molecule has 1 unspecified atom stereocenters. The minimum Gasteiger partial charge on any atom is -0.503 e. The van der Waals surface area contributed by atoms with E-state index in [1.165, 1.54) is 41.3 Å². The predicted molar refractivity (Wildman–Crippen MR) is 89.0 cm³/mol. The molecule has 1 aliphatic rings. The molecule has 0 spiro atoms. The fourth-order valence-electron chi connectivity index (χ4n) is 3.11. The summed E-state index contributed by atoms with van der Waals surface area (Å²) in [6, 6.07) is 8.95. The first kappa shape index (κ1) is 18.0. The highest BCUT2D eigenvalue weighted by molar-refractivity contribution is 6.15. The van der Waals surface area contributed by atoms with E-state index >= 15 is 0 Å². The Hall–Kier alpha value is -2.83. The van der Waals surface area contributed by atoms with Crippen LogP contribution in [-0.4, -0.2) is 17.1 Å². The van der Waals surface area contributed by atoms with Crippen molar-refractivity contribution in [1.29, 1.82) is 0 Å². The topological polar surface area (TPSA) is 40.5 Å². The van der Waals surface area contributed by atoms with Crippen molar-refractivity contribution in [1.82, 2.24) is 0 Å². The van der Waals surface area contributed by atoms with Crippen LogP contribution in [0.25, 0.3) is 5.57 Å². The molecule has 1 aliphatic heterocycles. The van der Waals surface area contributed by atoms with Crippen LogP contribution >= 0.6 is 0 Å². The van der Waals surface area contributed by atoms with Crippen LogP contribution in [0.5, 0.6) is 0 Å². The van der Waals surface area contributed by atoms with Crippen LogP contribution in [0.15, 0.2) is 54.3 Å². The van der Waals surface area contributed by atoms with Gasteiger partial charge in [-0.25, -0.2) is 4.39 Å². The summed E-state index contributed by atoms with van der Waals surface area (Å²) in [4.78, 5) is 13.8. The van der Waals surface area contributed by atoms with E-state index in [4.69, 9.17) is 0 Å². The Balaban J connectivity index is 2.01. The Morgan fingerprint density at radius 1 is 1.04 bits per heavy atom. The zero-order valence-electron chi connectivity index (χ0n) is 13.7.